The molecule has 0 fully saturated rings. The number of hydrogen-bond donors (Lipinski definition) is 3. The highest BCUT2D eigenvalue weighted by atomic mass is 19.3. The molecule has 0 atom stereocenters. The lowest BCUT2D eigenvalue weighted by Crippen LogP contribution is -2.43. The van der Waals surface area contributed by atoms with Crippen LogP contribution in [-0.2, 0) is 0 Å². The number of urea groups is 1. The zero-order chi connectivity index (χ0) is 17.5. The normalized spacial score (nSPS) is 11.4. The maximum absolute atomic E-state index is 12.2. The van der Waals surface area contributed by atoms with E-state index in [4.69, 9.17) is 4.74 Å². The number of rotatable bonds is 8. The van der Waals surface area contributed by atoms with Gasteiger partial charge in [-0.05, 0) is 31.4 Å². The van der Waals surface area contributed by atoms with Crippen molar-refractivity contribution in [1.82, 2.24) is 5.32 Å². The highest BCUT2D eigenvalue weighted by molar-refractivity contribution is 5.89. The summed E-state index contributed by atoms with van der Waals surface area (Å²) in [4.78, 5) is 11.9. The first kappa shape index (κ1) is 19.2. The molecule has 3 N–H and O–H groups in total. The number of ether oxygens (including phenoxy) is 1. The number of hydrogen-bond acceptors (Lipinski definition) is 3. The first-order valence-corrected chi connectivity index (χ1v) is 7.58. The van der Waals surface area contributed by atoms with Gasteiger partial charge in [0.05, 0.1) is 5.60 Å². The summed E-state index contributed by atoms with van der Waals surface area (Å²) in [6.07, 6.45) is -1.50. The smallest absolute Gasteiger partial charge is 0.319 e. The molecule has 0 saturated carbocycles. The monoisotopic (exact) mass is 330 g/mol. The summed E-state index contributed by atoms with van der Waals surface area (Å²) in [5, 5.41) is 15.3. The fourth-order valence-electron chi connectivity index (χ4n) is 1.91. The van der Waals surface area contributed by atoms with Crippen LogP contribution in [0.15, 0.2) is 18.2 Å². The molecule has 7 heteroatoms. The van der Waals surface area contributed by atoms with Gasteiger partial charge in [0.25, 0.3) is 6.43 Å². The van der Waals surface area contributed by atoms with Gasteiger partial charge >= 0.3 is 6.03 Å². The summed E-state index contributed by atoms with van der Waals surface area (Å²) in [7, 11) is 0. The molecular formula is C16H24F2N2O3. The molecule has 0 bridgehead atoms. The summed E-state index contributed by atoms with van der Waals surface area (Å²) in [6.45, 7) is 4.85. The second-order valence-corrected chi connectivity index (χ2v) is 5.42. The quantitative estimate of drug-likeness (QED) is 0.685. The Morgan fingerprint density at radius 3 is 2.57 bits per heavy atom. The highest BCUT2D eigenvalue weighted by Crippen LogP contribution is 2.23. The SMILES string of the molecule is CCC(O)(CC)CNC(=O)Nc1ccc(C)c(OCC(F)F)c1. The summed E-state index contributed by atoms with van der Waals surface area (Å²) >= 11 is 0. The Balaban J connectivity index is 2.62. The van der Waals surface area contributed by atoms with Crippen LogP contribution in [0.5, 0.6) is 5.75 Å². The number of carbonyl (C=O) groups excluding carboxylic acids is 1. The van der Waals surface area contributed by atoms with Crippen LogP contribution in [0.25, 0.3) is 0 Å². The minimum atomic E-state index is -2.56. The number of amides is 2. The van der Waals surface area contributed by atoms with E-state index < -0.39 is 24.7 Å². The fraction of sp³-hybridized carbons (Fsp3) is 0.562. The predicted octanol–water partition coefficient (Wildman–Crippen LogP) is 3.31. The van der Waals surface area contributed by atoms with Gasteiger partial charge in [-0.15, -0.1) is 0 Å². The molecule has 0 aliphatic rings. The average Bonchev–Trinajstić information content (AvgIpc) is 2.53. The van der Waals surface area contributed by atoms with Crippen molar-refractivity contribution in [2.24, 2.45) is 0 Å². The van der Waals surface area contributed by atoms with Gasteiger partial charge in [-0.3, -0.25) is 0 Å². The van der Waals surface area contributed by atoms with E-state index in [1.54, 1.807) is 19.1 Å². The van der Waals surface area contributed by atoms with E-state index in [-0.39, 0.29) is 6.54 Å². The first-order valence-electron chi connectivity index (χ1n) is 7.58. The maximum atomic E-state index is 12.2. The molecule has 1 aromatic rings. The standard InChI is InChI=1S/C16H24F2N2O3/c1-4-16(22,5-2)10-19-15(21)20-12-7-6-11(3)13(8-12)23-9-14(17)18/h6-8,14,22H,4-5,9-10H2,1-3H3,(H2,19,20,21). The summed E-state index contributed by atoms with van der Waals surface area (Å²) in [5.41, 5.74) is 0.188. The molecule has 0 aliphatic carbocycles. The van der Waals surface area contributed by atoms with E-state index in [0.29, 0.717) is 29.8 Å². The third-order valence-electron chi connectivity index (χ3n) is 3.71. The maximum Gasteiger partial charge on any atom is 0.319 e. The third kappa shape index (κ3) is 6.40. The van der Waals surface area contributed by atoms with Crippen molar-refractivity contribution in [3.05, 3.63) is 23.8 Å². The van der Waals surface area contributed by atoms with Crippen molar-refractivity contribution in [2.45, 2.75) is 45.6 Å². The number of anilines is 1. The van der Waals surface area contributed by atoms with Crippen molar-refractivity contribution in [2.75, 3.05) is 18.5 Å². The second kappa shape index (κ2) is 8.67. The number of aryl methyl sites for hydroxylation is 1. The van der Waals surface area contributed by atoms with Gasteiger partial charge in [-0.2, -0.15) is 0 Å². The molecule has 0 saturated heterocycles. The van der Waals surface area contributed by atoms with Crippen molar-refractivity contribution in [1.29, 1.82) is 0 Å². The van der Waals surface area contributed by atoms with E-state index in [9.17, 15) is 18.7 Å². The molecule has 0 unspecified atom stereocenters. The lowest BCUT2D eigenvalue weighted by atomic mass is 9.98. The van der Waals surface area contributed by atoms with Crippen LogP contribution in [0, 0.1) is 6.92 Å². The molecule has 2 amide bonds. The number of benzene rings is 1. The van der Waals surface area contributed by atoms with Crippen LogP contribution in [0.4, 0.5) is 19.3 Å². The number of aliphatic hydroxyl groups is 1. The van der Waals surface area contributed by atoms with Crippen molar-refractivity contribution < 1.29 is 23.4 Å². The second-order valence-electron chi connectivity index (χ2n) is 5.42. The van der Waals surface area contributed by atoms with E-state index in [0.717, 1.165) is 0 Å². The average molecular weight is 330 g/mol. The van der Waals surface area contributed by atoms with Crippen LogP contribution in [0.1, 0.15) is 32.3 Å². The Morgan fingerprint density at radius 2 is 2.00 bits per heavy atom. The van der Waals surface area contributed by atoms with Crippen LogP contribution in [-0.4, -0.2) is 36.3 Å². The molecule has 0 radical (unpaired) electrons. The van der Waals surface area contributed by atoms with Gasteiger partial charge in [-0.1, -0.05) is 19.9 Å². The van der Waals surface area contributed by atoms with E-state index >= 15 is 0 Å². The lowest BCUT2D eigenvalue weighted by molar-refractivity contribution is 0.0354. The van der Waals surface area contributed by atoms with Gasteiger partial charge < -0.3 is 20.5 Å². The Morgan fingerprint density at radius 1 is 1.35 bits per heavy atom. The van der Waals surface area contributed by atoms with Gasteiger partial charge in [0.15, 0.2) is 0 Å². The molecule has 23 heavy (non-hydrogen) atoms. The van der Waals surface area contributed by atoms with E-state index in [2.05, 4.69) is 10.6 Å². The van der Waals surface area contributed by atoms with Crippen LogP contribution < -0.4 is 15.4 Å². The first-order chi connectivity index (χ1) is 10.8. The molecule has 0 aromatic heterocycles. The Labute approximate surface area is 135 Å². The molecule has 1 aromatic carbocycles. The topological polar surface area (TPSA) is 70.6 Å². The van der Waals surface area contributed by atoms with Gasteiger partial charge in [0.2, 0.25) is 0 Å². The van der Waals surface area contributed by atoms with Crippen molar-refractivity contribution in [3.8, 4) is 5.75 Å². The molecular weight excluding hydrogens is 306 g/mol. The molecule has 1 rings (SSSR count). The van der Waals surface area contributed by atoms with Gasteiger partial charge in [0.1, 0.15) is 12.4 Å². The number of carbonyl (C=O) groups is 1. The predicted molar refractivity (Wildman–Crippen MR) is 85.2 cm³/mol. The molecule has 0 heterocycles. The molecule has 5 nitrogen and oxygen atoms in total. The highest BCUT2D eigenvalue weighted by Gasteiger charge is 2.22. The van der Waals surface area contributed by atoms with Gasteiger partial charge in [-0.25, -0.2) is 13.6 Å². The van der Waals surface area contributed by atoms with Crippen LogP contribution in [0.2, 0.25) is 0 Å². The van der Waals surface area contributed by atoms with Crippen LogP contribution in [0.3, 0.4) is 0 Å². The Kier molecular flexibility index (Phi) is 7.22. The lowest BCUT2D eigenvalue weighted by Gasteiger charge is -2.25. The number of halogens is 2. The molecule has 0 aliphatic heterocycles. The summed E-state index contributed by atoms with van der Waals surface area (Å²) in [6, 6.07) is 4.33. The summed E-state index contributed by atoms with van der Waals surface area (Å²) in [5.74, 6) is 0.293. The number of nitrogens with one attached hydrogen (secondary N) is 2. The number of alkyl halides is 2. The van der Waals surface area contributed by atoms with Crippen LogP contribution >= 0.6 is 0 Å². The van der Waals surface area contributed by atoms with E-state index in [1.165, 1.54) is 6.07 Å². The van der Waals surface area contributed by atoms with Crippen molar-refractivity contribution >= 4 is 11.7 Å². The summed E-state index contributed by atoms with van der Waals surface area (Å²) < 4.78 is 29.4. The van der Waals surface area contributed by atoms with E-state index in [1.807, 2.05) is 13.8 Å². The molecule has 0 spiro atoms. The minimum absolute atomic E-state index is 0.131. The Hall–Kier alpha value is -1.89. The minimum Gasteiger partial charge on any atom is -0.487 e. The zero-order valence-electron chi connectivity index (χ0n) is 13.7. The fourth-order valence-corrected chi connectivity index (χ4v) is 1.91. The zero-order valence-corrected chi connectivity index (χ0v) is 13.7. The van der Waals surface area contributed by atoms with Gasteiger partial charge in [0, 0.05) is 18.3 Å². The Bertz CT molecular complexity index is 520. The van der Waals surface area contributed by atoms with Crippen molar-refractivity contribution in [3.63, 3.8) is 0 Å². The third-order valence-corrected chi connectivity index (χ3v) is 3.71. The largest absolute Gasteiger partial charge is 0.487 e. The molecule has 130 valence electrons.